The van der Waals surface area contributed by atoms with E-state index in [1.54, 1.807) is 0 Å². The van der Waals surface area contributed by atoms with Crippen LogP contribution in [0.3, 0.4) is 0 Å². The van der Waals surface area contributed by atoms with E-state index in [1.807, 2.05) is 0 Å². The lowest BCUT2D eigenvalue weighted by molar-refractivity contribution is -0.122. The molecule has 1 rings (SSSR count). The summed E-state index contributed by atoms with van der Waals surface area (Å²) in [5.41, 5.74) is 0. The van der Waals surface area contributed by atoms with Gasteiger partial charge in [-0.05, 0) is 25.8 Å². The number of amides is 1. The van der Waals surface area contributed by atoms with Crippen LogP contribution in [-0.2, 0) is 4.79 Å². The van der Waals surface area contributed by atoms with Crippen LogP contribution in [0.5, 0.6) is 0 Å². The van der Waals surface area contributed by atoms with Gasteiger partial charge in [0.15, 0.2) is 0 Å². The number of rotatable bonds is 10. The summed E-state index contributed by atoms with van der Waals surface area (Å²) in [6.07, 6.45) is 12.7. The summed E-state index contributed by atoms with van der Waals surface area (Å²) in [5, 5.41) is 6.26. The Morgan fingerprint density at radius 1 is 1.11 bits per heavy atom. The number of nitrogens with one attached hydrogen (secondary N) is 2. The molecule has 0 saturated carbocycles. The Hall–Kier alpha value is -0.570. The molecule has 0 bridgehead atoms. The van der Waals surface area contributed by atoms with Gasteiger partial charge in [-0.15, -0.1) is 0 Å². The van der Waals surface area contributed by atoms with Gasteiger partial charge in [0.25, 0.3) is 0 Å². The third-order valence-electron chi connectivity index (χ3n) is 3.71. The summed E-state index contributed by atoms with van der Waals surface area (Å²) < 4.78 is 0. The number of carbonyl (C=O) groups excluding carboxylic acids is 1. The van der Waals surface area contributed by atoms with E-state index >= 15 is 0 Å². The highest BCUT2D eigenvalue weighted by atomic mass is 16.2. The van der Waals surface area contributed by atoms with Crippen molar-refractivity contribution in [3.63, 3.8) is 0 Å². The van der Waals surface area contributed by atoms with Gasteiger partial charge in [-0.3, -0.25) is 4.79 Å². The Bertz CT molecular complexity index is 213. The Morgan fingerprint density at radius 3 is 2.39 bits per heavy atom. The molecule has 1 aliphatic heterocycles. The highest BCUT2D eigenvalue weighted by molar-refractivity contribution is 5.81. The van der Waals surface area contributed by atoms with E-state index in [9.17, 15) is 4.79 Å². The fourth-order valence-electron chi connectivity index (χ4n) is 2.50. The zero-order valence-corrected chi connectivity index (χ0v) is 12.0. The van der Waals surface area contributed by atoms with Crippen molar-refractivity contribution >= 4 is 5.91 Å². The number of unbranched alkanes of at least 4 members (excludes halogenated alkanes) is 7. The normalized spacial score (nSPS) is 19.1. The maximum Gasteiger partial charge on any atom is 0.237 e. The van der Waals surface area contributed by atoms with E-state index in [1.165, 1.54) is 44.9 Å². The Balaban J connectivity index is 1.82. The van der Waals surface area contributed by atoms with E-state index in [0.717, 1.165) is 32.4 Å². The zero-order valence-electron chi connectivity index (χ0n) is 12.0. The molecule has 1 amide bonds. The van der Waals surface area contributed by atoms with Gasteiger partial charge in [0.2, 0.25) is 5.91 Å². The van der Waals surface area contributed by atoms with Gasteiger partial charge in [-0.2, -0.15) is 0 Å². The highest BCUT2D eigenvalue weighted by Crippen LogP contribution is 2.08. The van der Waals surface area contributed by atoms with Crippen molar-refractivity contribution in [1.29, 1.82) is 0 Å². The number of hydrogen-bond acceptors (Lipinski definition) is 2. The van der Waals surface area contributed by atoms with Gasteiger partial charge in [-0.1, -0.05) is 51.9 Å². The van der Waals surface area contributed by atoms with Gasteiger partial charge in [0.05, 0.1) is 6.04 Å². The Kier molecular flexibility index (Phi) is 8.92. The third-order valence-corrected chi connectivity index (χ3v) is 3.71. The molecule has 106 valence electrons. The van der Waals surface area contributed by atoms with Crippen molar-refractivity contribution in [2.75, 3.05) is 13.1 Å². The maximum absolute atomic E-state index is 11.7. The van der Waals surface area contributed by atoms with E-state index in [2.05, 4.69) is 17.6 Å². The topological polar surface area (TPSA) is 41.1 Å². The fraction of sp³-hybridized carbons (Fsp3) is 0.933. The first-order chi connectivity index (χ1) is 8.84. The first-order valence-corrected chi connectivity index (χ1v) is 7.85. The molecule has 0 aromatic carbocycles. The summed E-state index contributed by atoms with van der Waals surface area (Å²) in [4.78, 5) is 11.7. The van der Waals surface area contributed by atoms with E-state index in [-0.39, 0.29) is 11.9 Å². The molecule has 0 aliphatic carbocycles. The predicted molar refractivity (Wildman–Crippen MR) is 76.6 cm³/mol. The molecule has 1 fully saturated rings. The van der Waals surface area contributed by atoms with Crippen LogP contribution in [0, 0.1) is 0 Å². The smallest absolute Gasteiger partial charge is 0.237 e. The number of carbonyl (C=O) groups is 1. The molecule has 1 unspecified atom stereocenters. The molecule has 0 radical (unpaired) electrons. The zero-order chi connectivity index (χ0) is 13.1. The van der Waals surface area contributed by atoms with Crippen LogP contribution in [-0.4, -0.2) is 25.0 Å². The van der Waals surface area contributed by atoms with Crippen molar-refractivity contribution < 1.29 is 4.79 Å². The first-order valence-electron chi connectivity index (χ1n) is 7.85. The molecule has 2 N–H and O–H groups in total. The minimum absolute atomic E-state index is 0.0824. The van der Waals surface area contributed by atoms with Crippen LogP contribution in [0.25, 0.3) is 0 Å². The molecule has 0 aromatic heterocycles. The van der Waals surface area contributed by atoms with E-state index < -0.39 is 0 Å². The summed E-state index contributed by atoms with van der Waals surface area (Å²) in [5.74, 6) is 0.204. The molecule has 0 spiro atoms. The molecular formula is C15H30N2O. The van der Waals surface area contributed by atoms with Crippen molar-refractivity contribution in [1.82, 2.24) is 10.6 Å². The Labute approximate surface area is 112 Å². The first kappa shape index (κ1) is 15.5. The average Bonchev–Trinajstić information content (AvgIpc) is 2.90. The minimum Gasteiger partial charge on any atom is -0.355 e. The van der Waals surface area contributed by atoms with Gasteiger partial charge >= 0.3 is 0 Å². The van der Waals surface area contributed by atoms with Crippen LogP contribution in [0.4, 0.5) is 0 Å². The highest BCUT2D eigenvalue weighted by Gasteiger charge is 2.20. The van der Waals surface area contributed by atoms with Gasteiger partial charge in [0.1, 0.15) is 0 Å². The van der Waals surface area contributed by atoms with Crippen LogP contribution < -0.4 is 10.6 Å². The maximum atomic E-state index is 11.7. The molecule has 1 atom stereocenters. The second kappa shape index (κ2) is 10.4. The molecule has 1 heterocycles. The van der Waals surface area contributed by atoms with Crippen molar-refractivity contribution in [2.45, 2.75) is 77.2 Å². The quantitative estimate of drug-likeness (QED) is 0.588. The summed E-state index contributed by atoms with van der Waals surface area (Å²) in [6.45, 7) is 4.10. The van der Waals surface area contributed by atoms with Gasteiger partial charge in [-0.25, -0.2) is 0 Å². The van der Waals surface area contributed by atoms with Crippen molar-refractivity contribution in [3.05, 3.63) is 0 Å². The predicted octanol–water partition coefficient (Wildman–Crippen LogP) is 3.00. The minimum atomic E-state index is 0.0824. The lowest BCUT2D eigenvalue weighted by atomic mass is 10.1. The number of hydrogen-bond donors (Lipinski definition) is 2. The lowest BCUT2D eigenvalue weighted by Gasteiger charge is -2.10. The summed E-state index contributed by atoms with van der Waals surface area (Å²) >= 11 is 0. The second-order valence-electron chi connectivity index (χ2n) is 5.41. The summed E-state index contributed by atoms with van der Waals surface area (Å²) in [7, 11) is 0. The molecule has 3 nitrogen and oxygen atoms in total. The molecule has 3 heteroatoms. The van der Waals surface area contributed by atoms with Crippen molar-refractivity contribution in [3.8, 4) is 0 Å². The third kappa shape index (κ3) is 7.00. The largest absolute Gasteiger partial charge is 0.355 e. The molecular weight excluding hydrogens is 224 g/mol. The molecule has 1 aliphatic rings. The van der Waals surface area contributed by atoms with Crippen LogP contribution in [0.15, 0.2) is 0 Å². The fourth-order valence-corrected chi connectivity index (χ4v) is 2.50. The van der Waals surface area contributed by atoms with E-state index in [4.69, 9.17) is 0 Å². The molecule has 18 heavy (non-hydrogen) atoms. The monoisotopic (exact) mass is 254 g/mol. The SMILES string of the molecule is CCCCCCCCCCNC(=O)C1CCCN1. The standard InChI is InChI=1S/C15H30N2O/c1-2-3-4-5-6-7-8-9-12-17-15(18)14-11-10-13-16-14/h14,16H,2-13H2,1H3,(H,17,18). The van der Waals surface area contributed by atoms with Gasteiger partial charge in [0, 0.05) is 6.54 Å². The Morgan fingerprint density at radius 2 is 1.78 bits per heavy atom. The average molecular weight is 254 g/mol. The second-order valence-corrected chi connectivity index (χ2v) is 5.41. The summed E-state index contributed by atoms with van der Waals surface area (Å²) in [6, 6.07) is 0.0824. The lowest BCUT2D eigenvalue weighted by Crippen LogP contribution is -2.40. The van der Waals surface area contributed by atoms with Crippen LogP contribution >= 0.6 is 0 Å². The molecule has 1 saturated heterocycles. The van der Waals surface area contributed by atoms with Crippen LogP contribution in [0.1, 0.15) is 71.1 Å². The van der Waals surface area contributed by atoms with Gasteiger partial charge < -0.3 is 10.6 Å². The van der Waals surface area contributed by atoms with Crippen molar-refractivity contribution in [2.24, 2.45) is 0 Å². The van der Waals surface area contributed by atoms with Crippen LogP contribution in [0.2, 0.25) is 0 Å². The van der Waals surface area contributed by atoms with E-state index in [0.29, 0.717) is 0 Å². The molecule has 0 aromatic rings.